The molecule has 3 aromatic heterocycles. The molecule has 49 heavy (non-hydrogen) atoms. The number of fused-ring (bicyclic) bond motifs is 1. The van der Waals surface area contributed by atoms with E-state index in [1.54, 1.807) is 30.3 Å². The molecule has 1 N–H and O–H groups in total. The van der Waals surface area contributed by atoms with E-state index >= 15 is 0 Å². The fourth-order valence-corrected chi connectivity index (χ4v) is 6.17. The lowest BCUT2D eigenvalue weighted by Crippen LogP contribution is -2.36. The van der Waals surface area contributed by atoms with E-state index < -0.39 is 17.3 Å². The number of alkyl halides is 3. The van der Waals surface area contributed by atoms with Gasteiger partial charge in [-0.15, -0.1) is 0 Å². The highest BCUT2D eigenvalue weighted by Gasteiger charge is 2.31. The Morgan fingerprint density at radius 1 is 1.06 bits per heavy atom. The Labute approximate surface area is 283 Å². The van der Waals surface area contributed by atoms with Gasteiger partial charge in [-0.2, -0.15) is 18.3 Å². The highest BCUT2D eigenvalue weighted by molar-refractivity contribution is 5.95. The Kier molecular flexibility index (Phi) is 9.27. The van der Waals surface area contributed by atoms with E-state index in [0.717, 1.165) is 64.6 Å². The van der Waals surface area contributed by atoms with Gasteiger partial charge in [-0.1, -0.05) is 18.2 Å². The molecule has 1 aliphatic heterocycles. The summed E-state index contributed by atoms with van der Waals surface area (Å²) >= 11 is 0. The molecule has 1 atom stereocenters. The molecule has 9 nitrogen and oxygen atoms in total. The molecule has 258 valence electrons. The average Bonchev–Trinajstić information content (AvgIpc) is 3.63. The first-order valence-electron chi connectivity index (χ1n) is 16.5. The molecule has 2 aromatic carbocycles. The van der Waals surface area contributed by atoms with Gasteiger partial charge in [0.2, 0.25) is 0 Å². The van der Waals surface area contributed by atoms with E-state index in [0.29, 0.717) is 48.2 Å². The van der Waals surface area contributed by atoms with E-state index in [2.05, 4.69) is 9.97 Å². The zero-order valence-corrected chi connectivity index (χ0v) is 28.6. The Balaban J connectivity index is 1.42. The van der Waals surface area contributed by atoms with Crippen molar-refractivity contribution in [3.8, 4) is 33.9 Å². The standard InChI is InChI=1S/C37H41F3N6O3/c1-7-45(35(47)49-36(4,5)6)21-26-19-41-20-29(22(26)2)24-14-15-30-28(18-24)33(44-46(30)31-13-8-9-16-48-31)34-42-23(3)32(43-34)25-11-10-12-27(17-25)37(38,39)40/h10-12,14-15,17-20,31H,7-9,13,16,21H2,1-6H3,(H,42,43). The fourth-order valence-electron chi connectivity index (χ4n) is 6.17. The van der Waals surface area contributed by atoms with Gasteiger partial charge in [0.25, 0.3) is 0 Å². The second-order valence-electron chi connectivity index (χ2n) is 13.4. The smallest absolute Gasteiger partial charge is 0.416 e. The van der Waals surface area contributed by atoms with Gasteiger partial charge in [0.1, 0.15) is 11.3 Å². The van der Waals surface area contributed by atoms with Crippen LogP contribution in [0.5, 0.6) is 0 Å². The number of hydrogen-bond donors (Lipinski definition) is 1. The second-order valence-corrected chi connectivity index (χ2v) is 13.4. The number of ether oxygens (including phenoxy) is 2. The van der Waals surface area contributed by atoms with Gasteiger partial charge in [0, 0.05) is 47.8 Å². The maximum Gasteiger partial charge on any atom is 0.416 e. The van der Waals surface area contributed by atoms with E-state index in [9.17, 15) is 18.0 Å². The van der Waals surface area contributed by atoms with Crippen molar-refractivity contribution < 1.29 is 27.4 Å². The molecule has 1 saturated heterocycles. The molecule has 6 rings (SSSR count). The minimum Gasteiger partial charge on any atom is -0.444 e. The zero-order valence-electron chi connectivity index (χ0n) is 28.6. The number of nitrogens with zero attached hydrogens (tertiary/aromatic N) is 5. The molecule has 4 heterocycles. The van der Waals surface area contributed by atoms with Crippen LogP contribution in [-0.2, 0) is 22.2 Å². The summed E-state index contributed by atoms with van der Waals surface area (Å²) in [6.45, 7) is 12.7. The predicted molar refractivity (Wildman–Crippen MR) is 182 cm³/mol. The SMILES string of the molecule is CCN(Cc1cncc(-c2ccc3c(c2)c(-c2nc(-c4cccc(C(F)(F)F)c4)c(C)[nH]2)nn3C2CCCCO2)c1C)C(=O)OC(C)(C)C. The van der Waals surface area contributed by atoms with Crippen LogP contribution in [0.25, 0.3) is 44.8 Å². The summed E-state index contributed by atoms with van der Waals surface area (Å²) in [5.74, 6) is 0.446. The van der Waals surface area contributed by atoms with Crippen molar-refractivity contribution in [3.63, 3.8) is 0 Å². The fraction of sp³-hybridized carbons (Fsp3) is 0.405. The molecule has 1 unspecified atom stereocenters. The number of carbonyl (C=O) groups excluding carboxylic acids is 1. The number of imidazole rings is 1. The van der Waals surface area contributed by atoms with Gasteiger partial charge >= 0.3 is 12.3 Å². The molecule has 0 bridgehead atoms. The van der Waals surface area contributed by atoms with Crippen molar-refractivity contribution in [2.24, 2.45) is 0 Å². The number of aromatic nitrogens is 5. The first kappa shape index (κ1) is 34.2. The van der Waals surface area contributed by atoms with E-state index in [4.69, 9.17) is 19.6 Å². The van der Waals surface area contributed by atoms with Crippen molar-refractivity contribution in [2.45, 2.75) is 85.4 Å². The van der Waals surface area contributed by atoms with Crippen LogP contribution >= 0.6 is 0 Å². The molecule has 1 amide bonds. The predicted octanol–water partition coefficient (Wildman–Crippen LogP) is 9.25. The summed E-state index contributed by atoms with van der Waals surface area (Å²) < 4.78 is 54.2. The third-order valence-electron chi connectivity index (χ3n) is 8.73. The maximum absolute atomic E-state index is 13.5. The van der Waals surface area contributed by atoms with Gasteiger partial charge < -0.3 is 19.4 Å². The van der Waals surface area contributed by atoms with Crippen LogP contribution in [0.1, 0.15) is 75.6 Å². The number of amides is 1. The first-order valence-corrected chi connectivity index (χ1v) is 16.5. The van der Waals surface area contributed by atoms with Gasteiger partial charge in [-0.25, -0.2) is 14.5 Å². The van der Waals surface area contributed by atoms with Gasteiger partial charge in [-0.05, 0) is 102 Å². The summed E-state index contributed by atoms with van der Waals surface area (Å²) in [7, 11) is 0. The van der Waals surface area contributed by atoms with Crippen molar-refractivity contribution in [1.29, 1.82) is 0 Å². The number of H-pyrrole nitrogens is 1. The Bertz CT molecular complexity index is 1990. The summed E-state index contributed by atoms with van der Waals surface area (Å²) in [5.41, 5.74) is 5.14. The lowest BCUT2D eigenvalue weighted by Gasteiger charge is -2.27. The van der Waals surface area contributed by atoms with Gasteiger partial charge in [-0.3, -0.25) is 4.98 Å². The lowest BCUT2D eigenvalue weighted by molar-refractivity contribution is -0.137. The minimum atomic E-state index is -4.47. The number of halogens is 3. The Hall–Kier alpha value is -4.71. The third kappa shape index (κ3) is 7.19. The highest BCUT2D eigenvalue weighted by Crippen LogP contribution is 2.38. The molecule has 0 radical (unpaired) electrons. The molecule has 1 fully saturated rings. The molecule has 5 aromatic rings. The molecule has 1 aliphatic rings. The molecule has 12 heteroatoms. The number of rotatable bonds is 7. The van der Waals surface area contributed by atoms with Crippen LogP contribution in [0.4, 0.5) is 18.0 Å². The zero-order chi connectivity index (χ0) is 35.1. The number of nitrogens with one attached hydrogen (secondary N) is 1. The maximum atomic E-state index is 13.5. The average molecular weight is 675 g/mol. The molecular weight excluding hydrogens is 633 g/mol. The number of aromatic amines is 1. The normalized spacial score (nSPS) is 15.5. The van der Waals surface area contributed by atoms with Crippen LogP contribution in [0.3, 0.4) is 0 Å². The second kappa shape index (κ2) is 13.3. The van der Waals surface area contributed by atoms with E-state index in [1.807, 2.05) is 57.5 Å². The van der Waals surface area contributed by atoms with E-state index in [1.165, 1.54) is 6.07 Å². The van der Waals surface area contributed by atoms with Crippen LogP contribution in [0.2, 0.25) is 0 Å². The molecule has 0 saturated carbocycles. The largest absolute Gasteiger partial charge is 0.444 e. The number of hydrogen-bond acceptors (Lipinski definition) is 6. The van der Waals surface area contributed by atoms with Crippen LogP contribution in [0.15, 0.2) is 54.9 Å². The summed E-state index contributed by atoms with van der Waals surface area (Å²) in [4.78, 5) is 27.2. The summed E-state index contributed by atoms with van der Waals surface area (Å²) in [5, 5.41) is 5.82. The van der Waals surface area contributed by atoms with Gasteiger partial charge in [0.15, 0.2) is 12.1 Å². The third-order valence-corrected chi connectivity index (χ3v) is 8.73. The molecule has 0 spiro atoms. The topological polar surface area (TPSA) is 98.2 Å². The number of carbonyl (C=O) groups is 1. The van der Waals surface area contributed by atoms with Crippen molar-refractivity contribution in [1.82, 2.24) is 29.6 Å². The Morgan fingerprint density at radius 3 is 2.55 bits per heavy atom. The Morgan fingerprint density at radius 2 is 1.86 bits per heavy atom. The van der Waals surface area contributed by atoms with Crippen LogP contribution < -0.4 is 0 Å². The van der Waals surface area contributed by atoms with Crippen molar-refractivity contribution in [3.05, 3.63) is 77.2 Å². The van der Waals surface area contributed by atoms with Gasteiger partial charge in [0.05, 0.1) is 23.3 Å². The number of benzene rings is 2. The summed E-state index contributed by atoms with van der Waals surface area (Å²) in [6, 6.07) is 11.2. The molecular formula is C37H41F3N6O3. The first-order chi connectivity index (χ1) is 23.2. The van der Waals surface area contributed by atoms with Crippen LogP contribution in [-0.4, -0.2) is 54.5 Å². The minimum absolute atomic E-state index is 0.255. The number of pyridine rings is 1. The van der Waals surface area contributed by atoms with Crippen LogP contribution in [0, 0.1) is 13.8 Å². The van der Waals surface area contributed by atoms with Crippen molar-refractivity contribution >= 4 is 17.0 Å². The van der Waals surface area contributed by atoms with Crippen molar-refractivity contribution in [2.75, 3.05) is 13.2 Å². The molecule has 0 aliphatic carbocycles. The number of aryl methyl sites for hydroxylation is 1. The lowest BCUT2D eigenvalue weighted by atomic mass is 9.97. The summed E-state index contributed by atoms with van der Waals surface area (Å²) in [6.07, 6.45) is 1.27. The monoisotopic (exact) mass is 674 g/mol. The highest BCUT2D eigenvalue weighted by atomic mass is 19.4. The quantitative estimate of drug-likeness (QED) is 0.185. The van der Waals surface area contributed by atoms with E-state index in [-0.39, 0.29) is 12.3 Å².